The molecule has 3 nitrogen and oxygen atoms in total. The Morgan fingerprint density at radius 3 is 2.14 bits per heavy atom. The van der Waals surface area contributed by atoms with Crippen molar-refractivity contribution in [1.29, 1.82) is 0 Å². The Hall–Kier alpha value is -2.26. The standard InChI is InChI=1S/C19H16O3/c20-10-11-5-6-14-15(7-11)19(22)17-9-13-4-2-1-3-12(13)8-16(17)18(14)21/h1-5,8-9,14-15,20H,6-7,10H2. The maximum absolute atomic E-state index is 12.8. The Labute approximate surface area is 128 Å². The molecule has 0 fully saturated rings. The van der Waals surface area contributed by atoms with Gasteiger partial charge in [-0.1, -0.05) is 30.3 Å². The van der Waals surface area contributed by atoms with Crippen LogP contribution in [0, 0.1) is 11.8 Å². The highest BCUT2D eigenvalue weighted by molar-refractivity contribution is 6.18. The van der Waals surface area contributed by atoms with E-state index in [4.69, 9.17) is 0 Å². The minimum Gasteiger partial charge on any atom is -0.392 e. The van der Waals surface area contributed by atoms with Crippen molar-refractivity contribution in [1.82, 2.24) is 0 Å². The van der Waals surface area contributed by atoms with Crippen LogP contribution >= 0.6 is 0 Å². The maximum atomic E-state index is 12.8. The van der Waals surface area contributed by atoms with Crippen LogP contribution in [0.2, 0.25) is 0 Å². The third kappa shape index (κ3) is 1.86. The van der Waals surface area contributed by atoms with Crippen molar-refractivity contribution in [3.05, 3.63) is 59.2 Å². The molecular formula is C19H16O3. The van der Waals surface area contributed by atoms with Crippen molar-refractivity contribution in [2.24, 2.45) is 11.8 Å². The average molecular weight is 292 g/mol. The zero-order chi connectivity index (χ0) is 15.3. The molecule has 2 aliphatic rings. The highest BCUT2D eigenvalue weighted by Crippen LogP contribution is 2.40. The highest BCUT2D eigenvalue weighted by Gasteiger charge is 2.42. The molecule has 2 aromatic carbocycles. The van der Waals surface area contributed by atoms with Gasteiger partial charge in [0.1, 0.15) is 0 Å². The summed E-state index contributed by atoms with van der Waals surface area (Å²) in [6.07, 6.45) is 2.97. The van der Waals surface area contributed by atoms with Gasteiger partial charge in [-0.2, -0.15) is 0 Å². The fraction of sp³-hybridized carbons (Fsp3) is 0.263. The second-order valence-corrected chi connectivity index (χ2v) is 6.15. The summed E-state index contributed by atoms with van der Waals surface area (Å²) in [7, 11) is 0. The molecular weight excluding hydrogens is 276 g/mol. The van der Waals surface area contributed by atoms with Crippen LogP contribution in [-0.2, 0) is 0 Å². The van der Waals surface area contributed by atoms with Gasteiger partial charge in [0, 0.05) is 23.0 Å². The van der Waals surface area contributed by atoms with Gasteiger partial charge in [0.25, 0.3) is 0 Å². The van der Waals surface area contributed by atoms with Crippen LogP contribution in [0.1, 0.15) is 33.6 Å². The van der Waals surface area contributed by atoms with E-state index in [1.807, 2.05) is 42.5 Å². The number of hydrogen-bond donors (Lipinski definition) is 1. The van der Waals surface area contributed by atoms with Gasteiger partial charge >= 0.3 is 0 Å². The monoisotopic (exact) mass is 292 g/mol. The Balaban J connectivity index is 1.88. The third-order valence-corrected chi connectivity index (χ3v) is 4.92. The quantitative estimate of drug-likeness (QED) is 0.821. The number of fused-ring (bicyclic) bond motifs is 3. The Kier molecular flexibility index (Phi) is 2.98. The molecule has 0 spiro atoms. The van der Waals surface area contributed by atoms with Gasteiger partial charge < -0.3 is 5.11 Å². The number of benzene rings is 2. The normalized spacial score (nSPS) is 24.0. The first kappa shape index (κ1) is 13.4. The summed E-state index contributed by atoms with van der Waals surface area (Å²) in [5.74, 6) is -0.465. The molecule has 2 atom stereocenters. The number of hydrogen-bond acceptors (Lipinski definition) is 3. The maximum Gasteiger partial charge on any atom is 0.167 e. The predicted molar refractivity (Wildman–Crippen MR) is 84.0 cm³/mol. The lowest BCUT2D eigenvalue weighted by Crippen LogP contribution is -2.38. The fourth-order valence-electron chi connectivity index (χ4n) is 3.71. The predicted octanol–water partition coefficient (Wildman–Crippen LogP) is 3.16. The second-order valence-electron chi connectivity index (χ2n) is 6.15. The summed E-state index contributed by atoms with van der Waals surface area (Å²) in [4.78, 5) is 25.6. The van der Waals surface area contributed by atoms with E-state index in [-0.39, 0.29) is 30.0 Å². The van der Waals surface area contributed by atoms with E-state index >= 15 is 0 Å². The van der Waals surface area contributed by atoms with E-state index in [9.17, 15) is 14.7 Å². The zero-order valence-corrected chi connectivity index (χ0v) is 12.1. The summed E-state index contributed by atoms with van der Waals surface area (Å²) < 4.78 is 0. The molecule has 0 aliphatic heterocycles. The number of Topliss-reactive ketones (excluding diaryl/α,β-unsaturated/α-hetero) is 2. The number of aliphatic hydroxyl groups excluding tert-OH is 1. The number of carbonyl (C=O) groups is 2. The van der Waals surface area contributed by atoms with E-state index in [0.29, 0.717) is 24.0 Å². The van der Waals surface area contributed by atoms with Crippen LogP contribution in [0.15, 0.2) is 48.0 Å². The van der Waals surface area contributed by atoms with Crippen molar-refractivity contribution in [3.8, 4) is 0 Å². The van der Waals surface area contributed by atoms with E-state index in [1.54, 1.807) is 0 Å². The van der Waals surface area contributed by atoms with Crippen molar-refractivity contribution >= 4 is 22.3 Å². The molecule has 0 saturated heterocycles. The minimum atomic E-state index is -0.312. The van der Waals surface area contributed by atoms with Crippen LogP contribution in [-0.4, -0.2) is 23.3 Å². The third-order valence-electron chi connectivity index (χ3n) is 4.92. The van der Waals surface area contributed by atoms with Gasteiger partial charge in [-0.15, -0.1) is 0 Å². The molecule has 2 aromatic rings. The van der Waals surface area contributed by atoms with Crippen molar-refractivity contribution in [2.75, 3.05) is 6.61 Å². The molecule has 0 aromatic heterocycles. The molecule has 2 unspecified atom stereocenters. The zero-order valence-electron chi connectivity index (χ0n) is 12.1. The molecule has 0 saturated carbocycles. The van der Waals surface area contributed by atoms with Gasteiger partial charge in [0.2, 0.25) is 0 Å². The van der Waals surface area contributed by atoms with E-state index in [0.717, 1.165) is 16.3 Å². The highest BCUT2D eigenvalue weighted by atomic mass is 16.3. The van der Waals surface area contributed by atoms with Crippen LogP contribution in [0.5, 0.6) is 0 Å². The molecule has 0 radical (unpaired) electrons. The van der Waals surface area contributed by atoms with Gasteiger partial charge in [-0.3, -0.25) is 9.59 Å². The lowest BCUT2D eigenvalue weighted by atomic mass is 9.67. The summed E-state index contributed by atoms with van der Waals surface area (Å²) in [6.45, 7) is -0.0325. The first-order chi connectivity index (χ1) is 10.7. The van der Waals surface area contributed by atoms with Crippen LogP contribution in [0.3, 0.4) is 0 Å². The lowest BCUT2D eigenvalue weighted by molar-refractivity contribution is 0.0721. The molecule has 0 amide bonds. The van der Waals surface area contributed by atoms with E-state index in [2.05, 4.69) is 0 Å². The van der Waals surface area contributed by atoms with E-state index < -0.39 is 0 Å². The number of allylic oxidation sites excluding steroid dienone is 1. The molecule has 22 heavy (non-hydrogen) atoms. The van der Waals surface area contributed by atoms with Crippen LogP contribution in [0.4, 0.5) is 0 Å². The lowest BCUT2D eigenvalue weighted by Gasteiger charge is -2.33. The molecule has 0 heterocycles. The summed E-state index contributed by atoms with van der Waals surface area (Å²) in [5, 5.41) is 11.3. The SMILES string of the molecule is O=C1c2cc3ccccc3cc2C(=O)C2CC(CO)=CCC12. The molecule has 4 rings (SSSR count). The van der Waals surface area contributed by atoms with Crippen LogP contribution < -0.4 is 0 Å². The van der Waals surface area contributed by atoms with E-state index in [1.165, 1.54) is 0 Å². The minimum absolute atomic E-state index is 0.0325. The first-order valence-corrected chi connectivity index (χ1v) is 7.59. The Bertz CT molecular complexity index is 832. The molecule has 1 N–H and O–H groups in total. The summed E-state index contributed by atoms with van der Waals surface area (Å²) >= 11 is 0. The number of aliphatic hydroxyl groups is 1. The summed E-state index contributed by atoms with van der Waals surface area (Å²) in [5.41, 5.74) is 1.97. The first-order valence-electron chi connectivity index (χ1n) is 7.59. The average Bonchev–Trinajstić information content (AvgIpc) is 2.58. The molecule has 2 aliphatic carbocycles. The van der Waals surface area contributed by atoms with Crippen LogP contribution in [0.25, 0.3) is 10.8 Å². The van der Waals surface area contributed by atoms with Gasteiger partial charge in [0.15, 0.2) is 11.6 Å². The fourth-order valence-corrected chi connectivity index (χ4v) is 3.71. The second kappa shape index (κ2) is 4.89. The summed E-state index contributed by atoms with van der Waals surface area (Å²) in [6, 6.07) is 11.5. The number of carbonyl (C=O) groups excluding carboxylic acids is 2. The topological polar surface area (TPSA) is 54.4 Å². The molecule has 0 bridgehead atoms. The van der Waals surface area contributed by atoms with Crippen molar-refractivity contribution in [2.45, 2.75) is 12.8 Å². The molecule has 3 heteroatoms. The Morgan fingerprint density at radius 1 is 0.955 bits per heavy atom. The smallest absolute Gasteiger partial charge is 0.167 e. The van der Waals surface area contributed by atoms with Gasteiger partial charge in [-0.25, -0.2) is 0 Å². The Morgan fingerprint density at radius 2 is 1.55 bits per heavy atom. The van der Waals surface area contributed by atoms with Crippen molar-refractivity contribution in [3.63, 3.8) is 0 Å². The number of rotatable bonds is 1. The molecule has 110 valence electrons. The van der Waals surface area contributed by atoms with Crippen molar-refractivity contribution < 1.29 is 14.7 Å². The van der Waals surface area contributed by atoms with Gasteiger partial charge in [0.05, 0.1) is 6.61 Å². The largest absolute Gasteiger partial charge is 0.392 e. The number of ketones is 2. The van der Waals surface area contributed by atoms with Gasteiger partial charge in [-0.05, 0) is 41.3 Å².